The molecule has 0 aliphatic carbocycles. The molecule has 0 saturated heterocycles. The van der Waals surface area contributed by atoms with E-state index in [4.69, 9.17) is 11.6 Å². The van der Waals surface area contributed by atoms with E-state index in [0.717, 1.165) is 12.1 Å². The summed E-state index contributed by atoms with van der Waals surface area (Å²) in [5, 5.41) is 8.50. The van der Waals surface area contributed by atoms with E-state index in [1.807, 2.05) is 0 Å². The number of carbonyl (C=O) groups is 1. The topological polar surface area (TPSA) is 59.0 Å². The highest BCUT2D eigenvalue weighted by atomic mass is 35.5. The zero-order valence-electron chi connectivity index (χ0n) is 16.5. The Morgan fingerprint density at radius 3 is 2.39 bits per heavy atom. The van der Waals surface area contributed by atoms with Crippen molar-refractivity contribution in [2.75, 3.05) is 10.6 Å². The summed E-state index contributed by atoms with van der Waals surface area (Å²) in [6.07, 6.45) is -9.72. The van der Waals surface area contributed by atoms with Crippen LogP contribution in [0, 0.1) is 0 Å². The van der Waals surface area contributed by atoms with Gasteiger partial charge in [0, 0.05) is 12.1 Å². The molecule has 2 heterocycles. The third kappa shape index (κ3) is 4.63. The van der Waals surface area contributed by atoms with Crippen LogP contribution in [0.1, 0.15) is 40.1 Å². The molecule has 2 atom stereocenters. The molecule has 3 aromatic rings. The van der Waals surface area contributed by atoms with Gasteiger partial charge >= 0.3 is 12.4 Å². The lowest BCUT2D eigenvalue weighted by Gasteiger charge is -2.33. The fourth-order valence-electron chi connectivity index (χ4n) is 3.60. The van der Waals surface area contributed by atoms with Gasteiger partial charge < -0.3 is 10.6 Å². The van der Waals surface area contributed by atoms with E-state index >= 15 is 0 Å². The van der Waals surface area contributed by atoms with Gasteiger partial charge in [-0.15, -0.1) is 0 Å². The molecule has 1 aromatic heterocycles. The van der Waals surface area contributed by atoms with Gasteiger partial charge in [-0.1, -0.05) is 48.0 Å². The Morgan fingerprint density at radius 1 is 1.06 bits per heavy atom. The molecule has 0 fully saturated rings. The highest BCUT2D eigenvalue weighted by molar-refractivity contribution is 6.36. The van der Waals surface area contributed by atoms with Crippen molar-refractivity contribution in [1.29, 1.82) is 0 Å². The number of carbonyl (C=O) groups excluding carboxylic acids is 1. The summed E-state index contributed by atoms with van der Waals surface area (Å²) in [5.41, 5.74) is -1.16. The number of aromatic nitrogens is 2. The Kier molecular flexibility index (Phi) is 5.77. The first-order valence-electron chi connectivity index (χ1n) is 9.60. The van der Waals surface area contributed by atoms with Crippen LogP contribution >= 0.6 is 11.6 Å². The lowest BCUT2D eigenvalue weighted by atomic mass is 9.97. The quantitative estimate of drug-likeness (QED) is 0.416. The van der Waals surface area contributed by atoms with Gasteiger partial charge in [-0.25, -0.2) is 4.68 Å². The summed E-state index contributed by atoms with van der Waals surface area (Å²) >= 11 is 6.22. The second kappa shape index (κ2) is 8.29. The number of hydrogen-bond donors (Lipinski definition) is 2. The van der Waals surface area contributed by atoms with Gasteiger partial charge in [0.2, 0.25) is 0 Å². The predicted molar refractivity (Wildman–Crippen MR) is 109 cm³/mol. The molecule has 5 nitrogen and oxygen atoms in total. The van der Waals surface area contributed by atoms with Crippen LogP contribution in [0.15, 0.2) is 54.6 Å². The molecule has 0 spiro atoms. The number of halogens is 7. The molecule has 33 heavy (non-hydrogen) atoms. The smallest absolute Gasteiger partial charge is 0.362 e. The molecule has 174 valence electrons. The Labute approximate surface area is 188 Å². The van der Waals surface area contributed by atoms with Crippen molar-refractivity contribution in [3.05, 3.63) is 76.4 Å². The first-order valence-corrected chi connectivity index (χ1v) is 9.97. The molecule has 4 rings (SSSR count). The van der Waals surface area contributed by atoms with Crippen LogP contribution in [-0.4, -0.2) is 21.9 Å². The van der Waals surface area contributed by atoms with Gasteiger partial charge in [-0.05, 0) is 23.8 Å². The van der Waals surface area contributed by atoms with Gasteiger partial charge in [0.15, 0.2) is 11.7 Å². The molecule has 0 bridgehead atoms. The fraction of sp³-hybridized carbons (Fsp3) is 0.238. The average molecular weight is 489 g/mol. The molecular weight excluding hydrogens is 474 g/mol. The standard InChI is InChI=1S/C21H15ClF6N4O/c22-16-17(19(33)29-13-8-4-7-12(9-13)20(23,24)25)31-32-15(21(26,27)28)10-14(30-18(16)32)11-5-2-1-3-6-11/h1-9,14-15,30H,10H2,(H,29,33). The summed E-state index contributed by atoms with van der Waals surface area (Å²) in [5.74, 6) is -1.24. The van der Waals surface area contributed by atoms with Crippen LogP contribution in [-0.2, 0) is 6.18 Å². The molecule has 2 unspecified atom stereocenters. The molecule has 2 aromatic carbocycles. The van der Waals surface area contributed by atoms with Crippen molar-refractivity contribution >= 4 is 29.0 Å². The number of nitrogens with zero attached hydrogens (tertiary/aromatic N) is 2. The zero-order valence-corrected chi connectivity index (χ0v) is 17.3. The number of hydrogen-bond acceptors (Lipinski definition) is 3. The van der Waals surface area contributed by atoms with E-state index < -0.39 is 48.0 Å². The third-order valence-electron chi connectivity index (χ3n) is 5.16. The highest BCUT2D eigenvalue weighted by Crippen LogP contribution is 2.46. The van der Waals surface area contributed by atoms with Crippen molar-refractivity contribution < 1.29 is 31.1 Å². The molecule has 1 aliphatic heterocycles. The maximum absolute atomic E-state index is 13.8. The maximum atomic E-state index is 13.8. The minimum Gasteiger partial charge on any atom is -0.362 e. The van der Waals surface area contributed by atoms with Crippen molar-refractivity contribution in [3.8, 4) is 0 Å². The predicted octanol–water partition coefficient (Wildman–Crippen LogP) is 6.47. The Hall–Kier alpha value is -3.21. The molecule has 1 amide bonds. The van der Waals surface area contributed by atoms with E-state index in [-0.39, 0.29) is 16.5 Å². The van der Waals surface area contributed by atoms with Crippen LogP contribution in [0.2, 0.25) is 5.02 Å². The lowest BCUT2D eigenvalue weighted by molar-refractivity contribution is -0.173. The van der Waals surface area contributed by atoms with Crippen LogP contribution in [0.5, 0.6) is 0 Å². The molecule has 0 radical (unpaired) electrons. The maximum Gasteiger partial charge on any atom is 0.416 e. The Morgan fingerprint density at radius 2 is 1.76 bits per heavy atom. The Balaban J connectivity index is 1.68. The van der Waals surface area contributed by atoms with Gasteiger partial charge in [-0.3, -0.25) is 4.79 Å². The van der Waals surface area contributed by atoms with Gasteiger partial charge in [0.1, 0.15) is 10.8 Å². The number of amides is 1. The van der Waals surface area contributed by atoms with Crippen LogP contribution in [0.3, 0.4) is 0 Å². The molecule has 0 saturated carbocycles. The van der Waals surface area contributed by atoms with Crippen molar-refractivity contribution in [2.24, 2.45) is 0 Å². The molecule has 2 N–H and O–H groups in total. The van der Waals surface area contributed by atoms with Gasteiger partial charge in [0.25, 0.3) is 5.91 Å². The first-order chi connectivity index (χ1) is 15.4. The van der Waals surface area contributed by atoms with Gasteiger partial charge in [-0.2, -0.15) is 31.4 Å². The van der Waals surface area contributed by atoms with E-state index in [9.17, 15) is 31.1 Å². The van der Waals surface area contributed by atoms with Crippen molar-refractivity contribution in [3.63, 3.8) is 0 Å². The molecular formula is C21H15ClF6N4O. The lowest BCUT2D eigenvalue weighted by Crippen LogP contribution is -2.35. The monoisotopic (exact) mass is 488 g/mol. The van der Waals surface area contributed by atoms with Crippen LogP contribution < -0.4 is 10.6 Å². The molecule has 12 heteroatoms. The summed E-state index contributed by atoms with van der Waals surface area (Å²) < 4.78 is 80.8. The van der Waals surface area contributed by atoms with Gasteiger partial charge in [0.05, 0.1) is 11.6 Å². The fourth-order valence-corrected chi connectivity index (χ4v) is 3.87. The summed E-state index contributed by atoms with van der Waals surface area (Å²) in [6, 6.07) is 9.40. The number of anilines is 2. The second-order valence-electron chi connectivity index (χ2n) is 7.39. The van der Waals surface area contributed by atoms with Crippen LogP contribution in [0.25, 0.3) is 0 Å². The third-order valence-corrected chi connectivity index (χ3v) is 5.52. The zero-order chi connectivity index (χ0) is 24.0. The summed E-state index contributed by atoms with van der Waals surface area (Å²) in [7, 11) is 0. The Bertz CT molecular complexity index is 1180. The minimum atomic E-state index is -4.69. The summed E-state index contributed by atoms with van der Waals surface area (Å²) in [6.45, 7) is 0. The average Bonchev–Trinajstić information content (AvgIpc) is 3.09. The number of rotatable bonds is 3. The van der Waals surface area contributed by atoms with E-state index in [0.29, 0.717) is 16.3 Å². The SMILES string of the molecule is O=C(Nc1cccc(C(F)(F)F)c1)c1nn2c(c1Cl)NC(c1ccccc1)CC2C(F)(F)F. The number of benzene rings is 2. The number of nitrogens with one attached hydrogen (secondary N) is 2. The van der Waals surface area contributed by atoms with E-state index in [1.165, 1.54) is 6.07 Å². The summed E-state index contributed by atoms with van der Waals surface area (Å²) in [4.78, 5) is 12.7. The van der Waals surface area contributed by atoms with Crippen molar-refractivity contribution in [2.45, 2.75) is 30.9 Å². The largest absolute Gasteiger partial charge is 0.416 e. The number of fused-ring (bicyclic) bond motifs is 1. The van der Waals surface area contributed by atoms with Crippen molar-refractivity contribution in [1.82, 2.24) is 9.78 Å². The van der Waals surface area contributed by atoms with Crippen LogP contribution in [0.4, 0.5) is 37.8 Å². The van der Waals surface area contributed by atoms with E-state index in [1.54, 1.807) is 30.3 Å². The molecule has 1 aliphatic rings. The minimum absolute atomic E-state index is 0.201. The highest BCUT2D eigenvalue weighted by Gasteiger charge is 2.47. The normalized spacial score (nSPS) is 18.4. The first kappa shape index (κ1) is 23.0. The van der Waals surface area contributed by atoms with E-state index in [2.05, 4.69) is 15.7 Å². The second-order valence-corrected chi connectivity index (χ2v) is 7.77. The number of alkyl halides is 6.